The van der Waals surface area contributed by atoms with E-state index in [1.807, 2.05) is 17.1 Å². The summed E-state index contributed by atoms with van der Waals surface area (Å²) in [5.41, 5.74) is 2.32. The predicted octanol–water partition coefficient (Wildman–Crippen LogP) is 4.50. The van der Waals surface area contributed by atoms with Crippen molar-refractivity contribution in [1.29, 1.82) is 0 Å². The molecule has 2 aromatic rings. The number of para-hydroxylation sites is 1. The Morgan fingerprint density at radius 1 is 1.08 bits per heavy atom. The third kappa shape index (κ3) is 5.93. The number of benzene rings is 2. The van der Waals surface area contributed by atoms with Crippen LogP contribution in [0.1, 0.15) is 22.8 Å². The van der Waals surface area contributed by atoms with Crippen LogP contribution in [0, 0.1) is 0 Å². The average Bonchev–Trinajstić information content (AvgIpc) is 3.32. The highest BCUT2D eigenvalue weighted by atomic mass is 35.5. The molecule has 2 aliphatic rings. The molecule has 9 nitrogen and oxygen atoms in total. The number of carboxylic acids is 1. The Balaban J connectivity index is 1.43. The summed E-state index contributed by atoms with van der Waals surface area (Å²) in [6.07, 6.45) is 5.91. The summed E-state index contributed by atoms with van der Waals surface area (Å²) >= 11 is 5.83. The molecule has 0 aliphatic carbocycles. The number of hydrogen-bond donors (Lipinski definition) is 2. The van der Waals surface area contributed by atoms with Gasteiger partial charge in [0.15, 0.2) is 0 Å². The van der Waals surface area contributed by atoms with E-state index in [4.69, 9.17) is 11.6 Å². The van der Waals surface area contributed by atoms with E-state index in [1.54, 1.807) is 37.3 Å². The zero-order valence-electron chi connectivity index (χ0n) is 20.9. The third-order valence-electron chi connectivity index (χ3n) is 6.49. The molecule has 2 aliphatic heterocycles. The van der Waals surface area contributed by atoms with Crippen LogP contribution in [0.2, 0.25) is 0 Å². The standard InChI is InChI=1S/C27H29ClN4O5S/c1-19(28)6-5-7-20(2)30-14-16-31(17-15-30)38(36,37)22-10-11-25-21(18-22)12-13-32(25)27(35)29-24-9-4-3-8-23(24)26(33)34/h3-11,18H,2,12-17H2,1H3,(H,29,35)(H,33,34). The molecule has 2 N–H and O–H groups in total. The number of nitrogens with zero attached hydrogens (tertiary/aromatic N) is 3. The number of carbonyl (C=O) groups excluding carboxylic acids is 1. The molecule has 2 heterocycles. The SMILES string of the molecule is C=C(C=CC=C(C)Cl)N1CCN(S(=O)(=O)c2ccc3c(c2)CCN3C(=O)Nc2ccccc2C(=O)O)CC1. The Hall–Kier alpha value is -3.60. The van der Waals surface area contributed by atoms with E-state index in [9.17, 15) is 23.1 Å². The maximum atomic E-state index is 13.4. The van der Waals surface area contributed by atoms with E-state index < -0.39 is 22.0 Å². The molecule has 0 unspecified atom stereocenters. The number of halogens is 1. The van der Waals surface area contributed by atoms with E-state index in [0.29, 0.717) is 49.9 Å². The number of sulfonamides is 1. The third-order valence-corrected chi connectivity index (χ3v) is 8.51. The van der Waals surface area contributed by atoms with Gasteiger partial charge in [-0.25, -0.2) is 18.0 Å². The number of carbonyl (C=O) groups is 2. The molecular formula is C27H29ClN4O5S. The zero-order valence-corrected chi connectivity index (χ0v) is 22.5. The molecule has 0 spiro atoms. The molecule has 0 saturated carbocycles. The van der Waals surface area contributed by atoms with Crippen LogP contribution in [0.3, 0.4) is 0 Å². The van der Waals surface area contributed by atoms with Crippen molar-refractivity contribution in [3.8, 4) is 0 Å². The minimum atomic E-state index is -3.71. The van der Waals surface area contributed by atoms with Crippen molar-refractivity contribution in [2.24, 2.45) is 0 Å². The molecule has 0 atom stereocenters. The quantitative estimate of drug-likeness (QED) is 0.486. The molecule has 1 saturated heterocycles. The van der Waals surface area contributed by atoms with Crippen molar-refractivity contribution < 1.29 is 23.1 Å². The van der Waals surface area contributed by atoms with Gasteiger partial charge in [0, 0.05) is 49.1 Å². The Labute approximate surface area is 227 Å². The highest BCUT2D eigenvalue weighted by Gasteiger charge is 2.31. The van der Waals surface area contributed by atoms with E-state index in [-0.39, 0.29) is 16.1 Å². The summed E-state index contributed by atoms with van der Waals surface area (Å²) in [5.74, 6) is -1.14. The van der Waals surface area contributed by atoms with Crippen LogP contribution < -0.4 is 10.2 Å². The first-order valence-corrected chi connectivity index (χ1v) is 13.9. The smallest absolute Gasteiger partial charge is 0.337 e. The van der Waals surface area contributed by atoms with Crippen molar-refractivity contribution in [2.45, 2.75) is 18.2 Å². The van der Waals surface area contributed by atoms with Crippen LogP contribution in [0.5, 0.6) is 0 Å². The molecule has 1 fully saturated rings. The van der Waals surface area contributed by atoms with Crippen molar-refractivity contribution in [1.82, 2.24) is 9.21 Å². The lowest BCUT2D eigenvalue weighted by molar-refractivity contribution is 0.0698. The summed E-state index contributed by atoms with van der Waals surface area (Å²) in [5, 5.41) is 12.7. The molecule has 2 aromatic carbocycles. The first-order valence-electron chi connectivity index (χ1n) is 12.1. The lowest BCUT2D eigenvalue weighted by Gasteiger charge is -2.35. The van der Waals surface area contributed by atoms with E-state index >= 15 is 0 Å². The summed E-state index contributed by atoms with van der Waals surface area (Å²) < 4.78 is 28.2. The molecular weight excluding hydrogens is 528 g/mol. The Morgan fingerprint density at radius 2 is 1.79 bits per heavy atom. The van der Waals surface area contributed by atoms with Gasteiger partial charge in [0.2, 0.25) is 10.0 Å². The van der Waals surface area contributed by atoms with Gasteiger partial charge in [-0.05, 0) is 61.4 Å². The molecule has 0 bridgehead atoms. The Bertz CT molecular complexity index is 1420. The number of aromatic carboxylic acids is 1. The molecule has 4 rings (SSSR count). The number of urea groups is 1. The largest absolute Gasteiger partial charge is 0.478 e. The molecule has 200 valence electrons. The maximum Gasteiger partial charge on any atom is 0.337 e. The van der Waals surface area contributed by atoms with E-state index in [0.717, 1.165) is 11.3 Å². The fourth-order valence-electron chi connectivity index (χ4n) is 4.47. The van der Waals surface area contributed by atoms with Crippen LogP contribution in [-0.2, 0) is 16.4 Å². The van der Waals surface area contributed by atoms with Crippen molar-refractivity contribution in [2.75, 3.05) is 42.9 Å². The highest BCUT2D eigenvalue weighted by Crippen LogP contribution is 2.32. The lowest BCUT2D eigenvalue weighted by atomic mass is 10.2. The monoisotopic (exact) mass is 556 g/mol. The number of nitrogens with one attached hydrogen (secondary N) is 1. The number of hydrogen-bond acceptors (Lipinski definition) is 5. The second-order valence-corrected chi connectivity index (χ2v) is 11.5. The number of anilines is 2. The highest BCUT2D eigenvalue weighted by molar-refractivity contribution is 7.89. The molecule has 0 radical (unpaired) electrons. The summed E-state index contributed by atoms with van der Waals surface area (Å²) in [6, 6.07) is 10.5. The van der Waals surface area contributed by atoms with Crippen LogP contribution in [0.15, 0.2) is 82.9 Å². The minimum absolute atomic E-state index is 0.0106. The van der Waals surface area contributed by atoms with Gasteiger partial charge in [0.25, 0.3) is 0 Å². The van der Waals surface area contributed by atoms with Crippen LogP contribution >= 0.6 is 11.6 Å². The zero-order chi connectivity index (χ0) is 27.4. The van der Waals surface area contributed by atoms with Gasteiger partial charge in [-0.3, -0.25) is 4.90 Å². The van der Waals surface area contributed by atoms with Crippen LogP contribution in [-0.4, -0.2) is 67.5 Å². The second-order valence-electron chi connectivity index (χ2n) is 8.97. The Kier molecular flexibility index (Phi) is 8.25. The summed E-state index contributed by atoms with van der Waals surface area (Å²) in [4.78, 5) is 28.1. The molecule has 0 aromatic heterocycles. The number of rotatable bonds is 7. The van der Waals surface area contributed by atoms with Crippen molar-refractivity contribution in [3.05, 3.63) is 89.1 Å². The lowest BCUT2D eigenvalue weighted by Crippen LogP contribution is -2.47. The maximum absolute atomic E-state index is 13.4. The van der Waals surface area contributed by atoms with Gasteiger partial charge in [-0.15, -0.1) is 0 Å². The van der Waals surface area contributed by atoms with Crippen LogP contribution in [0.4, 0.5) is 16.2 Å². The number of allylic oxidation sites excluding steroid dienone is 4. The number of amides is 2. The van der Waals surface area contributed by atoms with Gasteiger partial charge in [0.05, 0.1) is 16.1 Å². The number of fused-ring (bicyclic) bond motifs is 1. The molecule has 38 heavy (non-hydrogen) atoms. The normalized spacial score (nSPS) is 16.5. The Morgan fingerprint density at radius 3 is 2.47 bits per heavy atom. The fraction of sp³-hybridized carbons (Fsp3) is 0.259. The molecule has 2 amide bonds. The summed E-state index contributed by atoms with van der Waals surface area (Å²) in [6.45, 7) is 7.88. The van der Waals surface area contributed by atoms with Crippen molar-refractivity contribution >= 4 is 45.0 Å². The summed E-state index contributed by atoms with van der Waals surface area (Å²) in [7, 11) is -3.71. The molecule has 11 heteroatoms. The van der Waals surface area contributed by atoms with Crippen molar-refractivity contribution in [3.63, 3.8) is 0 Å². The van der Waals surface area contributed by atoms with Gasteiger partial charge in [-0.2, -0.15) is 4.31 Å². The average molecular weight is 557 g/mol. The number of carboxylic acid groups (broad SMARTS) is 1. The minimum Gasteiger partial charge on any atom is -0.478 e. The van der Waals surface area contributed by atoms with E-state index in [1.165, 1.54) is 27.4 Å². The number of piperazine rings is 1. The van der Waals surface area contributed by atoms with Gasteiger partial charge in [0.1, 0.15) is 0 Å². The van der Waals surface area contributed by atoms with Crippen LogP contribution in [0.25, 0.3) is 0 Å². The topological polar surface area (TPSA) is 110 Å². The van der Waals surface area contributed by atoms with E-state index in [2.05, 4.69) is 11.9 Å². The van der Waals surface area contributed by atoms with Gasteiger partial charge < -0.3 is 15.3 Å². The first-order chi connectivity index (χ1) is 18.1. The fourth-order valence-corrected chi connectivity index (χ4v) is 6.02. The first kappa shape index (κ1) is 27.4. The second kappa shape index (κ2) is 11.4. The van der Waals surface area contributed by atoms with Gasteiger partial charge >= 0.3 is 12.0 Å². The van der Waals surface area contributed by atoms with Gasteiger partial charge in [-0.1, -0.05) is 36.4 Å². The predicted molar refractivity (Wildman–Crippen MR) is 148 cm³/mol.